The molecule has 0 aliphatic rings. The fourth-order valence-corrected chi connectivity index (χ4v) is 2.19. The third-order valence-corrected chi connectivity index (χ3v) is 3.53. The van der Waals surface area contributed by atoms with Crippen molar-refractivity contribution in [1.82, 2.24) is 4.90 Å². The molecule has 0 fully saturated rings. The molecule has 0 saturated carbocycles. The summed E-state index contributed by atoms with van der Waals surface area (Å²) in [4.78, 5) is 2.23. The fraction of sp³-hybridized carbons (Fsp3) is 0.444. The molecular formula is C18H27NO. The van der Waals surface area contributed by atoms with E-state index in [4.69, 9.17) is 5.11 Å². The van der Waals surface area contributed by atoms with Gasteiger partial charge in [-0.3, -0.25) is 0 Å². The fourth-order valence-electron chi connectivity index (χ4n) is 2.19. The first-order valence-electron chi connectivity index (χ1n) is 7.43. The van der Waals surface area contributed by atoms with Crippen LogP contribution in [0.4, 0.5) is 0 Å². The van der Waals surface area contributed by atoms with Crippen LogP contribution in [-0.2, 0) is 0 Å². The second kappa shape index (κ2) is 9.24. The number of hydrogen-bond acceptors (Lipinski definition) is 2. The van der Waals surface area contributed by atoms with Gasteiger partial charge in [-0.1, -0.05) is 62.8 Å². The van der Waals surface area contributed by atoms with Gasteiger partial charge in [0.05, 0.1) is 5.76 Å². The van der Waals surface area contributed by atoms with Crippen molar-refractivity contribution in [2.75, 3.05) is 13.6 Å². The van der Waals surface area contributed by atoms with Gasteiger partial charge in [0, 0.05) is 25.7 Å². The van der Waals surface area contributed by atoms with Gasteiger partial charge < -0.3 is 10.0 Å². The number of unbranched alkanes of at least 4 members (excludes halogenated alkanes) is 4. The molecule has 0 bridgehead atoms. The third kappa shape index (κ3) is 6.46. The van der Waals surface area contributed by atoms with E-state index in [2.05, 4.69) is 37.2 Å². The van der Waals surface area contributed by atoms with Gasteiger partial charge in [0.2, 0.25) is 0 Å². The minimum Gasteiger partial charge on any atom is -0.513 e. The quantitative estimate of drug-likeness (QED) is 0.479. The summed E-state index contributed by atoms with van der Waals surface area (Å²) in [6.45, 7) is 8.70. The van der Waals surface area contributed by atoms with Gasteiger partial charge in [-0.25, -0.2) is 0 Å². The van der Waals surface area contributed by atoms with E-state index in [1.165, 1.54) is 31.2 Å². The predicted octanol–water partition coefficient (Wildman–Crippen LogP) is 5.00. The molecule has 0 atom stereocenters. The van der Waals surface area contributed by atoms with Gasteiger partial charge in [0.15, 0.2) is 0 Å². The zero-order valence-electron chi connectivity index (χ0n) is 12.6. The predicted molar refractivity (Wildman–Crippen MR) is 87.6 cm³/mol. The SMILES string of the molecule is C=C(O)CCCCCCCN(C)C(=C)c1ccccc1. The van der Waals surface area contributed by atoms with Gasteiger partial charge >= 0.3 is 0 Å². The van der Waals surface area contributed by atoms with Gasteiger partial charge in [0.25, 0.3) is 0 Å². The number of hydrogen-bond donors (Lipinski definition) is 1. The highest BCUT2D eigenvalue weighted by Crippen LogP contribution is 2.16. The maximum Gasteiger partial charge on any atom is 0.0851 e. The van der Waals surface area contributed by atoms with Gasteiger partial charge in [-0.05, 0) is 18.4 Å². The molecule has 1 rings (SSSR count). The second-order valence-electron chi connectivity index (χ2n) is 5.32. The molecule has 0 aliphatic heterocycles. The van der Waals surface area contributed by atoms with Gasteiger partial charge in [-0.2, -0.15) is 0 Å². The molecule has 0 aliphatic carbocycles. The summed E-state index contributed by atoms with van der Waals surface area (Å²) in [5.41, 5.74) is 2.28. The molecule has 1 aromatic carbocycles. The molecule has 110 valence electrons. The van der Waals surface area contributed by atoms with Crippen molar-refractivity contribution >= 4 is 5.70 Å². The Labute approximate surface area is 123 Å². The van der Waals surface area contributed by atoms with Crippen LogP contribution < -0.4 is 0 Å². The van der Waals surface area contributed by atoms with Gasteiger partial charge in [-0.15, -0.1) is 0 Å². The van der Waals surface area contributed by atoms with Gasteiger partial charge in [0.1, 0.15) is 0 Å². The number of allylic oxidation sites excluding steroid dienone is 1. The van der Waals surface area contributed by atoms with Crippen LogP contribution in [0.15, 0.2) is 49.2 Å². The Bertz CT molecular complexity index is 411. The molecule has 0 unspecified atom stereocenters. The van der Waals surface area contributed by atoms with E-state index in [9.17, 15) is 0 Å². The van der Waals surface area contributed by atoms with Crippen LogP contribution in [-0.4, -0.2) is 23.6 Å². The van der Waals surface area contributed by atoms with Crippen molar-refractivity contribution in [3.05, 3.63) is 54.8 Å². The van der Waals surface area contributed by atoms with E-state index >= 15 is 0 Å². The Morgan fingerprint density at radius 2 is 1.60 bits per heavy atom. The topological polar surface area (TPSA) is 23.5 Å². The lowest BCUT2D eigenvalue weighted by Gasteiger charge is -2.21. The normalized spacial score (nSPS) is 10.2. The molecule has 0 amide bonds. The average Bonchev–Trinajstić information content (AvgIpc) is 2.45. The maximum atomic E-state index is 8.99. The van der Waals surface area contributed by atoms with E-state index in [1.807, 2.05) is 18.2 Å². The Kier molecular flexibility index (Phi) is 7.56. The summed E-state index contributed by atoms with van der Waals surface area (Å²) in [7, 11) is 2.10. The molecule has 2 heteroatoms. The molecule has 20 heavy (non-hydrogen) atoms. The van der Waals surface area contributed by atoms with E-state index in [0.29, 0.717) is 5.76 Å². The van der Waals surface area contributed by atoms with Crippen molar-refractivity contribution < 1.29 is 5.11 Å². The lowest BCUT2D eigenvalue weighted by Crippen LogP contribution is -2.17. The molecular weight excluding hydrogens is 246 g/mol. The standard InChI is InChI=1S/C18H27NO/c1-16(20)12-8-5-4-6-11-15-19(3)17(2)18-13-9-7-10-14-18/h7,9-10,13-14,20H,1-2,4-6,8,11-12,15H2,3H3. The van der Waals surface area contributed by atoms with Crippen LogP contribution in [0.2, 0.25) is 0 Å². The monoisotopic (exact) mass is 273 g/mol. The summed E-state index contributed by atoms with van der Waals surface area (Å²) in [5, 5.41) is 8.99. The maximum absolute atomic E-state index is 8.99. The molecule has 1 aromatic rings. The Balaban J connectivity index is 2.13. The summed E-state index contributed by atoms with van der Waals surface area (Å²) < 4.78 is 0. The number of benzene rings is 1. The lowest BCUT2D eigenvalue weighted by molar-refractivity contribution is 0.382. The van der Waals surface area contributed by atoms with Crippen LogP contribution in [0.5, 0.6) is 0 Å². The van der Waals surface area contributed by atoms with Crippen LogP contribution in [0.25, 0.3) is 5.70 Å². The van der Waals surface area contributed by atoms with Crippen molar-refractivity contribution in [1.29, 1.82) is 0 Å². The largest absolute Gasteiger partial charge is 0.513 e. The van der Waals surface area contributed by atoms with E-state index < -0.39 is 0 Å². The van der Waals surface area contributed by atoms with Crippen molar-refractivity contribution in [2.24, 2.45) is 0 Å². The van der Waals surface area contributed by atoms with Crippen molar-refractivity contribution in [3.8, 4) is 0 Å². The molecule has 1 N–H and O–H groups in total. The number of nitrogens with zero attached hydrogens (tertiary/aromatic N) is 1. The Morgan fingerprint density at radius 3 is 2.25 bits per heavy atom. The first-order valence-corrected chi connectivity index (χ1v) is 7.43. The highest BCUT2D eigenvalue weighted by Gasteiger charge is 2.03. The number of aliphatic hydroxyl groups excluding tert-OH is 1. The van der Waals surface area contributed by atoms with E-state index in [-0.39, 0.29) is 0 Å². The lowest BCUT2D eigenvalue weighted by atomic mass is 10.1. The highest BCUT2D eigenvalue weighted by atomic mass is 16.3. The second-order valence-corrected chi connectivity index (χ2v) is 5.32. The molecule has 0 heterocycles. The average molecular weight is 273 g/mol. The number of aliphatic hydroxyl groups is 1. The molecule has 0 aromatic heterocycles. The van der Waals surface area contributed by atoms with Crippen molar-refractivity contribution in [2.45, 2.75) is 38.5 Å². The minimum absolute atomic E-state index is 0.309. The summed E-state index contributed by atoms with van der Waals surface area (Å²) in [6.07, 6.45) is 6.58. The van der Waals surface area contributed by atoms with Crippen molar-refractivity contribution in [3.63, 3.8) is 0 Å². The molecule has 0 radical (unpaired) electrons. The highest BCUT2D eigenvalue weighted by molar-refractivity contribution is 5.61. The van der Waals surface area contributed by atoms with Crippen LogP contribution in [0.3, 0.4) is 0 Å². The minimum atomic E-state index is 0.309. The van der Waals surface area contributed by atoms with E-state index in [0.717, 1.165) is 25.1 Å². The summed E-state index contributed by atoms with van der Waals surface area (Å²) in [5.74, 6) is 0.309. The third-order valence-electron chi connectivity index (χ3n) is 3.53. The Hall–Kier alpha value is -1.70. The smallest absolute Gasteiger partial charge is 0.0851 e. The van der Waals surface area contributed by atoms with Crippen LogP contribution >= 0.6 is 0 Å². The summed E-state index contributed by atoms with van der Waals surface area (Å²) >= 11 is 0. The zero-order valence-corrected chi connectivity index (χ0v) is 12.6. The molecule has 0 spiro atoms. The number of rotatable bonds is 10. The van der Waals surface area contributed by atoms with E-state index in [1.54, 1.807) is 0 Å². The van der Waals surface area contributed by atoms with Crippen LogP contribution in [0, 0.1) is 0 Å². The van der Waals surface area contributed by atoms with Crippen LogP contribution in [0.1, 0.15) is 44.1 Å². The molecule has 0 saturated heterocycles. The first-order chi connectivity index (χ1) is 9.61. The summed E-state index contributed by atoms with van der Waals surface area (Å²) in [6, 6.07) is 10.3. The molecule has 2 nitrogen and oxygen atoms in total. The zero-order chi connectivity index (χ0) is 14.8. The first kappa shape index (κ1) is 16.4. The Morgan fingerprint density at radius 1 is 1.00 bits per heavy atom.